The summed E-state index contributed by atoms with van der Waals surface area (Å²) in [4.78, 5) is 29.2. The molecule has 134 valence electrons. The highest BCUT2D eigenvalue weighted by Gasteiger charge is 2.15. The number of Topliss-reactive ketones (excluding diaryl/α,β-unsaturated/α-hetero) is 1. The molecule has 7 nitrogen and oxygen atoms in total. The van der Waals surface area contributed by atoms with Crippen molar-refractivity contribution in [3.8, 4) is 5.69 Å². The van der Waals surface area contributed by atoms with Gasteiger partial charge >= 0.3 is 0 Å². The third-order valence-electron chi connectivity index (χ3n) is 3.98. The predicted octanol–water partition coefficient (Wildman–Crippen LogP) is 2.65. The molecule has 0 saturated carbocycles. The van der Waals surface area contributed by atoms with Gasteiger partial charge in [0.15, 0.2) is 16.9 Å². The molecule has 0 atom stereocenters. The molecule has 0 radical (unpaired) electrons. The monoisotopic (exact) mass is 383 g/mol. The van der Waals surface area contributed by atoms with Gasteiger partial charge in [0.05, 0.1) is 12.2 Å². The number of hydrogen-bond donors (Lipinski definition) is 0. The number of halogens is 2. The molecule has 0 aliphatic rings. The Hall–Kier alpha value is -3.39. The van der Waals surface area contributed by atoms with E-state index in [2.05, 4.69) is 15.3 Å². The van der Waals surface area contributed by atoms with E-state index in [4.69, 9.17) is 11.6 Å². The van der Waals surface area contributed by atoms with Crippen LogP contribution in [-0.4, -0.2) is 30.3 Å². The summed E-state index contributed by atoms with van der Waals surface area (Å²) < 4.78 is 15.6. The Labute approximate surface area is 156 Å². The molecule has 0 unspecified atom stereocenters. The Morgan fingerprint density at radius 1 is 1.07 bits per heavy atom. The predicted molar refractivity (Wildman–Crippen MR) is 96.7 cm³/mol. The standard InChI is InChI=1S/C18H11ClFN5O2/c19-12-3-1-11(2-4-12)15(26)9-24-10-21-17-16(18(24)27)22-23-25(17)14-7-5-13(20)6-8-14/h1-8,10H,9H2. The van der Waals surface area contributed by atoms with Gasteiger partial charge < -0.3 is 0 Å². The molecule has 0 aliphatic carbocycles. The van der Waals surface area contributed by atoms with E-state index in [9.17, 15) is 14.0 Å². The van der Waals surface area contributed by atoms with Crippen LogP contribution < -0.4 is 5.56 Å². The highest BCUT2D eigenvalue weighted by molar-refractivity contribution is 6.30. The van der Waals surface area contributed by atoms with Crippen molar-refractivity contribution in [1.82, 2.24) is 24.5 Å². The van der Waals surface area contributed by atoms with Crippen molar-refractivity contribution in [2.24, 2.45) is 0 Å². The summed E-state index contributed by atoms with van der Waals surface area (Å²) in [6.45, 7) is -0.188. The SMILES string of the molecule is O=C(Cn1cnc2c(nnn2-c2ccc(F)cc2)c1=O)c1ccc(Cl)cc1. The van der Waals surface area contributed by atoms with Gasteiger partial charge in [-0.2, -0.15) is 4.68 Å². The molecule has 0 aliphatic heterocycles. The van der Waals surface area contributed by atoms with Gasteiger partial charge in [0, 0.05) is 10.6 Å². The van der Waals surface area contributed by atoms with Crippen molar-refractivity contribution in [3.05, 3.63) is 81.6 Å². The average Bonchev–Trinajstić information content (AvgIpc) is 3.10. The number of benzene rings is 2. The zero-order valence-corrected chi connectivity index (χ0v) is 14.5. The molecule has 0 fully saturated rings. The van der Waals surface area contributed by atoms with Crippen LogP contribution in [0.2, 0.25) is 5.02 Å². The van der Waals surface area contributed by atoms with Crippen LogP contribution in [0.5, 0.6) is 0 Å². The maximum Gasteiger partial charge on any atom is 0.283 e. The average molecular weight is 384 g/mol. The molecule has 0 amide bonds. The van der Waals surface area contributed by atoms with Crippen LogP contribution in [0.25, 0.3) is 16.9 Å². The minimum Gasteiger partial charge on any atom is -0.292 e. The maximum absolute atomic E-state index is 13.1. The van der Waals surface area contributed by atoms with Gasteiger partial charge in [-0.05, 0) is 48.5 Å². The van der Waals surface area contributed by atoms with E-state index in [0.717, 1.165) is 0 Å². The molecule has 4 rings (SSSR count). The number of carbonyl (C=O) groups is 1. The summed E-state index contributed by atoms with van der Waals surface area (Å²) in [7, 11) is 0. The minimum absolute atomic E-state index is 0.0192. The lowest BCUT2D eigenvalue weighted by atomic mass is 10.1. The van der Waals surface area contributed by atoms with Crippen LogP contribution in [0.15, 0.2) is 59.7 Å². The Kier molecular flexibility index (Phi) is 4.25. The molecule has 9 heteroatoms. The van der Waals surface area contributed by atoms with Crippen LogP contribution in [0, 0.1) is 5.82 Å². The van der Waals surface area contributed by atoms with Crippen molar-refractivity contribution in [2.75, 3.05) is 0 Å². The fourth-order valence-corrected chi connectivity index (χ4v) is 2.72. The van der Waals surface area contributed by atoms with Crippen molar-refractivity contribution in [3.63, 3.8) is 0 Å². The summed E-state index contributed by atoms with van der Waals surface area (Å²) in [5.74, 6) is -0.653. The normalized spacial score (nSPS) is 11.0. The third kappa shape index (κ3) is 3.22. The third-order valence-corrected chi connectivity index (χ3v) is 4.23. The number of nitrogens with zero attached hydrogens (tertiary/aromatic N) is 5. The highest BCUT2D eigenvalue weighted by Crippen LogP contribution is 2.13. The van der Waals surface area contributed by atoms with E-state index in [1.807, 2.05) is 0 Å². The molecular formula is C18H11ClFN5O2. The lowest BCUT2D eigenvalue weighted by molar-refractivity contribution is 0.0970. The Morgan fingerprint density at radius 2 is 1.78 bits per heavy atom. The van der Waals surface area contributed by atoms with Gasteiger partial charge in [-0.1, -0.05) is 16.8 Å². The quantitative estimate of drug-likeness (QED) is 0.506. The maximum atomic E-state index is 13.1. The van der Waals surface area contributed by atoms with Crippen LogP contribution in [0.1, 0.15) is 10.4 Å². The summed E-state index contributed by atoms with van der Waals surface area (Å²) in [5, 5.41) is 8.29. The smallest absolute Gasteiger partial charge is 0.283 e. The van der Waals surface area contributed by atoms with Gasteiger partial charge in [0.2, 0.25) is 0 Å². The zero-order valence-electron chi connectivity index (χ0n) is 13.7. The first-order valence-corrected chi connectivity index (χ1v) is 8.26. The number of hydrogen-bond acceptors (Lipinski definition) is 5. The lowest BCUT2D eigenvalue weighted by Crippen LogP contribution is -2.25. The molecule has 2 aromatic heterocycles. The van der Waals surface area contributed by atoms with Gasteiger partial charge in [0.1, 0.15) is 12.1 Å². The highest BCUT2D eigenvalue weighted by atomic mass is 35.5. The fourth-order valence-electron chi connectivity index (χ4n) is 2.59. The van der Waals surface area contributed by atoms with Crippen molar-refractivity contribution in [1.29, 1.82) is 0 Å². The largest absolute Gasteiger partial charge is 0.292 e. The molecule has 0 bridgehead atoms. The van der Waals surface area contributed by atoms with Crippen molar-refractivity contribution >= 4 is 28.5 Å². The molecule has 0 spiro atoms. The second-order valence-corrected chi connectivity index (χ2v) is 6.19. The Bertz CT molecular complexity index is 1200. The van der Waals surface area contributed by atoms with E-state index < -0.39 is 5.56 Å². The second kappa shape index (κ2) is 6.73. The molecular weight excluding hydrogens is 373 g/mol. The molecule has 0 saturated heterocycles. The summed E-state index contributed by atoms with van der Waals surface area (Å²) in [5.41, 5.74) is 0.699. The summed E-state index contributed by atoms with van der Waals surface area (Å²) >= 11 is 5.81. The van der Waals surface area contributed by atoms with Crippen molar-refractivity contribution < 1.29 is 9.18 Å². The second-order valence-electron chi connectivity index (χ2n) is 5.76. The number of rotatable bonds is 4. The lowest BCUT2D eigenvalue weighted by Gasteiger charge is -2.05. The minimum atomic E-state index is -0.490. The number of carbonyl (C=O) groups excluding carboxylic acids is 1. The number of ketones is 1. The summed E-state index contributed by atoms with van der Waals surface area (Å²) in [6.07, 6.45) is 1.27. The van der Waals surface area contributed by atoms with Gasteiger partial charge in [0.25, 0.3) is 5.56 Å². The van der Waals surface area contributed by atoms with E-state index in [1.54, 1.807) is 24.3 Å². The van der Waals surface area contributed by atoms with Gasteiger partial charge in [-0.3, -0.25) is 14.2 Å². The first-order chi connectivity index (χ1) is 13.0. The van der Waals surface area contributed by atoms with Gasteiger partial charge in [-0.25, -0.2) is 9.37 Å². The van der Waals surface area contributed by atoms with Gasteiger partial charge in [-0.15, -0.1) is 5.10 Å². The van der Waals surface area contributed by atoms with Crippen molar-refractivity contribution in [2.45, 2.75) is 6.54 Å². The topological polar surface area (TPSA) is 82.7 Å². The van der Waals surface area contributed by atoms with E-state index in [-0.39, 0.29) is 29.3 Å². The zero-order chi connectivity index (χ0) is 19.0. The van der Waals surface area contributed by atoms with Crippen LogP contribution >= 0.6 is 11.6 Å². The first kappa shape index (κ1) is 17.0. The summed E-state index contributed by atoms with van der Waals surface area (Å²) in [6, 6.07) is 11.9. The molecule has 2 aromatic carbocycles. The van der Waals surface area contributed by atoms with Crippen LogP contribution in [0.4, 0.5) is 4.39 Å². The first-order valence-electron chi connectivity index (χ1n) is 7.88. The van der Waals surface area contributed by atoms with Crippen LogP contribution in [-0.2, 0) is 6.54 Å². The van der Waals surface area contributed by atoms with E-state index in [1.165, 1.54) is 39.8 Å². The van der Waals surface area contributed by atoms with E-state index in [0.29, 0.717) is 16.3 Å². The number of aromatic nitrogens is 5. The Morgan fingerprint density at radius 3 is 2.48 bits per heavy atom. The molecule has 4 aromatic rings. The molecule has 2 heterocycles. The molecule has 27 heavy (non-hydrogen) atoms. The fraction of sp³-hybridized carbons (Fsp3) is 0.0556. The molecule has 0 N–H and O–H groups in total. The number of fused-ring (bicyclic) bond motifs is 1. The Balaban J connectivity index is 1.69. The van der Waals surface area contributed by atoms with Crippen LogP contribution in [0.3, 0.4) is 0 Å². The van der Waals surface area contributed by atoms with E-state index >= 15 is 0 Å².